The van der Waals surface area contributed by atoms with Gasteiger partial charge >= 0.3 is 0 Å². The van der Waals surface area contributed by atoms with Crippen LogP contribution in [0, 0.1) is 0 Å². The SMILES string of the molecule is O=CCc1cc(OCc2ccccc2)ccc1Br. The summed E-state index contributed by atoms with van der Waals surface area (Å²) in [6.45, 7) is 0.531. The van der Waals surface area contributed by atoms with Crippen LogP contribution in [0.1, 0.15) is 11.1 Å². The number of benzene rings is 2. The zero-order chi connectivity index (χ0) is 12.8. The molecule has 0 saturated carbocycles. The van der Waals surface area contributed by atoms with E-state index in [0.29, 0.717) is 13.0 Å². The molecule has 0 bridgehead atoms. The average Bonchev–Trinajstić information content (AvgIpc) is 2.41. The van der Waals surface area contributed by atoms with Crippen LogP contribution in [0.4, 0.5) is 0 Å². The van der Waals surface area contributed by atoms with E-state index < -0.39 is 0 Å². The number of hydrogen-bond donors (Lipinski definition) is 0. The molecular weight excluding hydrogens is 292 g/mol. The first-order valence-electron chi connectivity index (χ1n) is 5.68. The fraction of sp³-hybridized carbons (Fsp3) is 0.133. The fourth-order valence-corrected chi connectivity index (χ4v) is 2.04. The van der Waals surface area contributed by atoms with Gasteiger partial charge in [-0.05, 0) is 29.3 Å². The minimum atomic E-state index is 0.392. The van der Waals surface area contributed by atoms with Gasteiger partial charge in [-0.15, -0.1) is 0 Å². The molecule has 18 heavy (non-hydrogen) atoms. The van der Waals surface area contributed by atoms with Crippen LogP contribution in [0.15, 0.2) is 53.0 Å². The van der Waals surface area contributed by atoms with E-state index in [1.807, 2.05) is 48.5 Å². The van der Waals surface area contributed by atoms with Crippen molar-refractivity contribution in [3.05, 3.63) is 64.1 Å². The van der Waals surface area contributed by atoms with Gasteiger partial charge in [-0.1, -0.05) is 46.3 Å². The molecule has 0 spiro atoms. The van der Waals surface area contributed by atoms with Gasteiger partial charge < -0.3 is 9.53 Å². The summed E-state index contributed by atoms with van der Waals surface area (Å²) in [4.78, 5) is 10.6. The minimum absolute atomic E-state index is 0.392. The van der Waals surface area contributed by atoms with Crippen LogP contribution in [0.25, 0.3) is 0 Å². The first-order valence-corrected chi connectivity index (χ1v) is 6.47. The number of rotatable bonds is 5. The smallest absolute Gasteiger partial charge is 0.124 e. The standard InChI is InChI=1S/C15H13BrO2/c16-15-7-6-14(10-13(15)8-9-17)18-11-12-4-2-1-3-5-12/h1-7,9-10H,8,11H2. The molecular formula is C15H13BrO2. The van der Waals surface area contributed by atoms with Crippen LogP contribution in [-0.4, -0.2) is 6.29 Å². The van der Waals surface area contributed by atoms with E-state index in [0.717, 1.165) is 27.6 Å². The second-order valence-corrected chi connectivity index (χ2v) is 4.75. The topological polar surface area (TPSA) is 26.3 Å². The molecule has 3 heteroatoms. The Hall–Kier alpha value is -1.61. The van der Waals surface area contributed by atoms with Crippen molar-refractivity contribution in [3.63, 3.8) is 0 Å². The Balaban J connectivity index is 2.05. The zero-order valence-corrected chi connectivity index (χ0v) is 11.4. The third kappa shape index (κ3) is 3.44. The van der Waals surface area contributed by atoms with Crippen LogP contribution >= 0.6 is 15.9 Å². The van der Waals surface area contributed by atoms with Gasteiger partial charge in [0.1, 0.15) is 18.6 Å². The third-order valence-corrected chi connectivity index (χ3v) is 3.34. The molecule has 0 atom stereocenters. The highest BCUT2D eigenvalue weighted by molar-refractivity contribution is 9.10. The van der Waals surface area contributed by atoms with E-state index in [9.17, 15) is 4.79 Å². The van der Waals surface area contributed by atoms with E-state index in [-0.39, 0.29) is 0 Å². The lowest BCUT2D eigenvalue weighted by atomic mass is 10.1. The predicted octanol–water partition coefficient (Wildman–Crippen LogP) is 3.77. The minimum Gasteiger partial charge on any atom is -0.489 e. The number of halogens is 1. The lowest BCUT2D eigenvalue weighted by molar-refractivity contribution is -0.107. The van der Waals surface area contributed by atoms with Gasteiger partial charge in [-0.3, -0.25) is 0 Å². The largest absolute Gasteiger partial charge is 0.489 e. The van der Waals surface area contributed by atoms with Gasteiger partial charge in [0, 0.05) is 10.9 Å². The first kappa shape index (κ1) is 12.8. The Labute approximate surface area is 115 Å². The quantitative estimate of drug-likeness (QED) is 0.786. The second-order valence-electron chi connectivity index (χ2n) is 3.90. The molecule has 0 aliphatic heterocycles. The lowest BCUT2D eigenvalue weighted by Crippen LogP contribution is -1.96. The average molecular weight is 305 g/mol. The molecule has 0 heterocycles. The van der Waals surface area contributed by atoms with Crippen molar-refractivity contribution in [2.75, 3.05) is 0 Å². The van der Waals surface area contributed by atoms with E-state index in [4.69, 9.17) is 4.74 Å². The van der Waals surface area contributed by atoms with Crippen LogP contribution in [0.5, 0.6) is 5.75 Å². The highest BCUT2D eigenvalue weighted by Gasteiger charge is 2.02. The number of carbonyl (C=O) groups excluding carboxylic acids is 1. The Morgan fingerprint density at radius 3 is 2.61 bits per heavy atom. The van der Waals surface area contributed by atoms with Gasteiger partial charge in [0.15, 0.2) is 0 Å². The maximum absolute atomic E-state index is 10.6. The summed E-state index contributed by atoms with van der Waals surface area (Å²) in [5, 5.41) is 0. The summed E-state index contributed by atoms with van der Waals surface area (Å²) in [7, 11) is 0. The Morgan fingerprint density at radius 1 is 1.11 bits per heavy atom. The van der Waals surface area contributed by atoms with Gasteiger partial charge in [0.2, 0.25) is 0 Å². The van der Waals surface area contributed by atoms with Crippen LogP contribution in [-0.2, 0) is 17.8 Å². The summed E-state index contributed by atoms with van der Waals surface area (Å²) in [6, 6.07) is 15.7. The summed E-state index contributed by atoms with van der Waals surface area (Å²) in [5.74, 6) is 0.777. The van der Waals surface area contributed by atoms with Crippen LogP contribution in [0.2, 0.25) is 0 Å². The number of carbonyl (C=O) groups is 1. The molecule has 0 fully saturated rings. The second kappa shape index (κ2) is 6.36. The van der Waals surface area contributed by atoms with Crippen molar-refractivity contribution in [1.82, 2.24) is 0 Å². The van der Waals surface area contributed by atoms with Crippen LogP contribution < -0.4 is 4.74 Å². The maximum atomic E-state index is 10.6. The van der Waals surface area contributed by atoms with Crippen molar-refractivity contribution >= 4 is 22.2 Å². The molecule has 0 unspecified atom stereocenters. The van der Waals surface area contributed by atoms with Crippen molar-refractivity contribution in [1.29, 1.82) is 0 Å². The lowest BCUT2D eigenvalue weighted by Gasteiger charge is -2.08. The van der Waals surface area contributed by atoms with E-state index in [1.54, 1.807) is 0 Å². The summed E-state index contributed by atoms with van der Waals surface area (Å²) < 4.78 is 6.63. The fourth-order valence-electron chi connectivity index (χ4n) is 1.63. The van der Waals surface area contributed by atoms with Crippen molar-refractivity contribution in [2.45, 2.75) is 13.0 Å². The van der Waals surface area contributed by atoms with E-state index in [1.165, 1.54) is 0 Å². The summed E-state index contributed by atoms with van der Waals surface area (Å²) >= 11 is 3.41. The summed E-state index contributed by atoms with van der Waals surface area (Å²) in [5.41, 5.74) is 2.06. The molecule has 2 nitrogen and oxygen atoms in total. The predicted molar refractivity (Wildman–Crippen MR) is 74.7 cm³/mol. The Kier molecular flexibility index (Phi) is 4.53. The monoisotopic (exact) mass is 304 g/mol. The molecule has 0 aliphatic rings. The zero-order valence-electron chi connectivity index (χ0n) is 9.80. The Morgan fingerprint density at radius 2 is 1.89 bits per heavy atom. The molecule has 0 amide bonds. The van der Waals surface area contributed by atoms with Gasteiger partial charge in [0.25, 0.3) is 0 Å². The molecule has 0 aliphatic carbocycles. The maximum Gasteiger partial charge on any atom is 0.124 e. The highest BCUT2D eigenvalue weighted by Crippen LogP contribution is 2.23. The van der Waals surface area contributed by atoms with E-state index in [2.05, 4.69) is 15.9 Å². The summed E-state index contributed by atoms with van der Waals surface area (Å²) in [6.07, 6.45) is 1.28. The van der Waals surface area contributed by atoms with Crippen molar-refractivity contribution in [3.8, 4) is 5.75 Å². The number of ether oxygens (including phenoxy) is 1. The number of hydrogen-bond acceptors (Lipinski definition) is 2. The van der Waals surface area contributed by atoms with Crippen molar-refractivity contribution in [2.24, 2.45) is 0 Å². The number of aldehydes is 1. The molecule has 0 radical (unpaired) electrons. The first-order chi connectivity index (χ1) is 8.79. The van der Waals surface area contributed by atoms with Crippen molar-refractivity contribution < 1.29 is 9.53 Å². The van der Waals surface area contributed by atoms with Gasteiger partial charge in [-0.25, -0.2) is 0 Å². The molecule has 0 saturated heterocycles. The van der Waals surface area contributed by atoms with Crippen LogP contribution in [0.3, 0.4) is 0 Å². The third-order valence-electron chi connectivity index (χ3n) is 2.57. The Bertz CT molecular complexity index is 523. The molecule has 2 rings (SSSR count). The van der Waals surface area contributed by atoms with E-state index >= 15 is 0 Å². The molecule has 2 aromatic rings. The molecule has 92 valence electrons. The normalized spacial score (nSPS) is 10.1. The molecule has 0 aromatic heterocycles. The van der Waals surface area contributed by atoms with Gasteiger partial charge in [0.05, 0.1) is 0 Å². The highest BCUT2D eigenvalue weighted by atomic mass is 79.9. The van der Waals surface area contributed by atoms with Gasteiger partial charge in [-0.2, -0.15) is 0 Å². The molecule has 0 N–H and O–H groups in total. The molecule has 2 aromatic carbocycles.